The molecule has 0 spiro atoms. The molecule has 2 heterocycles. The normalized spacial score (nSPS) is 14.9. The monoisotopic (exact) mass is 1130 g/mol. The zero-order valence-electron chi connectivity index (χ0n) is 47.9. The second-order valence-electron chi connectivity index (χ2n) is 19.6. The lowest BCUT2D eigenvalue weighted by Gasteiger charge is -2.40. The van der Waals surface area contributed by atoms with Crippen molar-refractivity contribution in [3.05, 3.63) is 67.0 Å². The number of carbonyl (C=O) groups is 6. The molecule has 1 aromatic carbocycles. The number of aryl methyl sites for hydroxylation is 3. The Balaban J connectivity index is 0.00000128. The number of hydrogen-bond acceptors (Lipinski definition) is 13. The number of thiol groups is 1. The van der Waals surface area contributed by atoms with Crippen LogP contribution in [0, 0.1) is 12.8 Å². The molecule has 0 aliphatic carbocycles. The largest absolute Gasteiger partial charge is 0.496 e. The number of carbonyl (C=O) groups excluding carboxylic acids is 6. The highest BCUT2D eigenvalue weighted by atomic mass is 32.1. The quantitative estimate of drug-likeness (QED) is 0.0181. The van der Waals surface area contributed by atoms with E-state index in [1.165, 1.54) is 88.1 Å². The van der Waals surface area contributed by atoms with Crippen LogP contribution >= 0.6 is 20.5 Å². The van der Waals surface area contributed by atoms with Crippen molar-refractivity contribution in [1.82, 2.24) is 41.0 Å². The van der Waals surface area contributed by atoms with E-state index in [1.54, 1.807) is 0 Å². The molecule has 23 heteroatoms. The Labute approximate surface area is 464 Å². The van der Waals surface area contributed by atoms with Crippen LogP contribution in [0.25, 0.3) is 0 Å². The maximum Gasteiger partial charge on any atom is 0.469 e. The first-order valence-corrected chi connectivity index (χ1v) is 29.2. The summed E-state index contributed by atoms with van der Waals surface area (Å²) in [5, 5.41) is 12.8. The molecule has 0 saturated carbocycles. The fraction of sp³-hybridized carbons (Fsp3) is 0.685. The topological polar surface area (TPSA) is 295 Å². The first kappa shape index (κ1) is 72.2. The molecule has 1 fully saturated rings. The molecule has 0 bridgehead atoms. The third-order valence-electron chi connectivity index (χ3n) is 12.1. The number of phosphoric acid groups is 1. The number of nitrogens with zero attached hydrogens (tertiary/aromatic N) is 3. The number of ether oxygens (including phenoxy) is 2. The second kappa shape index (κ2) is 40.4. The predicted molar refractivity (Wildman–Crippen MR) is 304 cm³/mol. The molecular weight excluding hydrogens is 1030 g/mol. The molecule has 1 aromatic heterocycles. The molecule has 1 unspecified atom stereocenters. The van der Waals surface area contributed by atoms with Gasteiger partial charge in [0.25, 0.3) is 0 Å². The lowest BCUT2D eigenvalue weighted by Crippen LogP contribution is -2.61. The molecule has 9 N–H and O–H groups in total. The molecule has 1 saturated heterocycles. The minimum atomic E-state index is -4.74. The molecule has 440 valence electrons. The highest BCUT2D eigenvalue weighted by molar-refractivity contribution is 7.80. The third-order valence-corrected chi connectivity index (χ3v) is 13.1. The van der Waals surface area contributed by atoms with Crippen LogP contribution < -0.4 is 32.3 Å². The van der Waals surface area contributed by atoms with Crippen molar-refractivity contribution in [3.8, 4) is 0 Å². The number of aromatic nitrogens is 2. The van der Waals surface area contributed by atoms with E-state index in [0.717, 1.165) is 6.54 Å². The van der Waals surface area contributed by atoms with E-state index in [2.05, 4.69) is 97.1 Å². The van der Waals surface area contributed by atoms with Gasteiger partial charge in [-0.1, -0.05) is 90.3 Å². The van der Waals surface area contributed by atoms with Crippen molar-refractivity contribution in [2.45, 2.75) is 195 Å². The van der Waals surface area contributed by atoms with Gasteiger partial charge in [0.15, 0.2) is 0 Å². The van der Waals surface area contributed by atoms with E-state index in [9.17, 15) is 33.3 Å². The molecule has 6 amide bonds. The van der Waals surface area contributed by atoms with Crippen molar-refractivity contribution in [1.29, 1.82) is 0 Å². The van der Waals surface area contributed by atoms with Crippen LogP contribution in [0.5, 0.6) is 0 Å². The summed E-state index contributed by atoms with van der Waals surface area (Å²) in [6.07, 6.45) is 15.2. The number of hydrogen-bond donors (Lipinski definition) is 9. The molecule has 1 aliphatic rings. The van der Waals surface area contributed by atoms with Gasteiger partial charge in [0.1, 0.15) is 23.7 Å². The molecular formula is C54H96N9O12PS. The van der Waals surface area contributed by atoms with Crippen molar-refractivity contribution in [2.75, 3.05) is 38.6 Å². The Hall–Kier alpha value is -4.83. The van der Waals surface area contributed by atoms with Crippen molar-refractivity contribution in [2.24, 2.45) is 11.7 Å². The second-order valence-corrected chi connectivity index (χ2v) is 21.2. The molecule has 1 aliphatic heterocycles. The van der Waals surface area contributed by atoms with Crippen LogP contribution in [0.3, 0.4) is 0 Å². The molecule has 6 atom stereocenters. The van der Waals surface area contributed by atoms with E-state index < -0.39 is 74.3 Å². The van der Waals surface area contributed by atoms with E-state index >= 15 is 0 Å². The Kier molecular flexibility index (Phi) is 37.8. The van der Waals surface area contributed by atoms with Gasteiger partial charge in [0, 0.05) is 50.3 Å². The molecule has 21 nitrogen and oxygen atoms in total. The van der Waals surface area contributed by atoms with Gasteiger partial charge in [0.05, 0.1) is 50.3 Å². The van der Waals surface area contributed by atoms with Crippen molar-refractivity contribution >= 4 is 55.9 Å². The maximum atomic E-state index is 12.8. The number of phosphoric ester groups is 1. The van der Waals surface area contributed by atoms with Gasteiger partial charge in [0.2, 0.25) is 35.4 Å². The first-order chi connectivity index (χ1) is 36.3. The average Bonchev–Trinajstić information content (AvgIpc) is 3.77. The van der Waals surface area contributed by atoms with Crippen LogP contribution in [0.2, 0.25) is 0 Å². The van der Waals surface area contributed by atoms with E-state index in [0.29, 0.717) is 44.7 Å². The predicted octanol–water partition coefficient (Wildman–Crippen LogP) is 5.66. The van der Waals surface area contributed by atoms with E-state index in [1.807, 2.05) is 61.0 Å². The SMILES string of the molecule is C=COC(C)(C)CCNC(=O)[C@@H](N)CS.CC.CCOCCC(=O)N1CCC1C(=O)N[C@@H](CC(C)C)C(=O)NCC(=O)N[C@@H](C)C(=O)N[C@H](C)[C@@H](C)OP(=O)(O)O.Cc1cncn1CCCCCCCCc1ccccc1. The summed E-state index contributed by atoms with van der Waals surface area (Å²) in [4.78, 5) is 97.4. The summed E-state index contributed by atoms with van der Waals surface area (Å²) < 4.78 is 28.2. The minimum Gasteiger partial charge on any atom is -0.496 e. The summed E-state index contributed by atoms with van der Waals surface area (Å²) in [6.45, 7) is 25.7. The number of nitrogens with two attached hydrogens (primary N) is 1. The Morgan fingerprint density at radius 3 is 2.12 bits per heavy atom. The summed E-state index contributed by atoms with van der Waals surface area (Å²) in [5.74, 6) is -2.31. The number of benzene rings is 1. The van der Waals surface area contributed by atoms with Crippen molar-refractivity contribution in [3.63, 3.8) is 0 Å². The minimum absolute atomic E-state index is 0.0397. The zero-order chi connectivity index (χ0) is 58.6. The summed E-state index contributed by atoms with van der Waals surface area (Å²) >= 11 is 3.94. The number of likely N-dealkylation sites (tertiary alicyclic amines) is 1. The number of nitrogens with one attached hydrogen (secondary N) is 5. The van der Waals surface area contributed by atoms with Gasteiger partial charge < -0.3 is 61.0 Å². The molecule has 77 heavy (non-hydrogen) atoms. The van der Waals surface area contributed by atoms with Crippen LogP contribution in [0.4, 0.5) is 0 Å². The third kappa shape index (κ3) is 33.3. The standard InChI is InChI=1S/C24H44N5O10P.C18H26N2.C10H20N2O2S.C2H6/c1-7-38-11-9-21(31)29-10-8-19(29)24(34)28-18(12-14(2)3)23(33)25-13-20(30)26-16(5)22(32)27-15(4)17(6)39-40(35,36)37;1-17-15-19-16-20(17)14-10-5-3-2-4-7-11-18-12-8-6-9-13-18;1-4-14-10(2,3)5-6-12-9(13)8(11)7-15;1-2/h14-19H,7-13H2,1-6H3,(H,25,33)(H,26,30)(H,27,32)(H,28,34)(H2,35,36,37);6,8-9,12-13,15-16H,2-5,7,10-11,14H2,1H3;4,8,15H,1,5-7,11H2,2-3H3,(H,12,13);1-2H3/t15-,16+,17-,18+,19?;;8-;/m1.0./s1. The molecule has 3 rings (SSSR count). The Morgan fingerprint density at radius 1 is 0.935 bits per heavy atom. The molecule has 0 radical (unpaired) electrons. The van der Waals surface area contributed by atoms with Gasteiger partial charge in [-0.25, -0.2) is 9.55 Å². The fourth-order valence-corrected chi connectivity index (χ4v) is 8.15. The number of amides is 6. The van der Waals surface area contributed by atoms with Gasteiger partial charge in [-0.15, -0.1) is 0 Å². The summed E-state index contributed by atoms with van der Waals surface area (Å²) in [6, 6.07) is 6.87. The summed E-state index contributed by atoms with van der Waals surface area (Å²) in [5.41, 5.74) is 7.92. The van der Waals surface area contributed by atoms with Crippen LogP contribution in [-0.2, 0) is 60.3 Å². The van der Waals surface area contributed by atoms with E-state index in [4.69, 9.17) is 25.0 Å². The van der Waals surface area contributed by atoms with Crippen LogP contribution in [-0.4, -0.2) is 140 Å². The van der Waals surface area contributed by atoms with E-state index in [-0.39, 0.29) is 36.4 Å². The lowest BCUT2D eigenvalue weighted by molar-refractivity contribution is -0.149. The number of imidazole rings is 1. The average molecular weight is 1130 g/mol. The highest BCUT2D eigenvalue weighted by Gasteiger charge is 2.39. The maximum absolute atomic E-state index is 12.8. The smallest absolute Gasteiger partial charge is 0.469 e. The molecule has 2 aromatic rings. The Morgan fingerprint density at radius 2 is 1.57 bits per heavy atom. The zero-order valence-corrected chi connectivity index (χ0v) is 49.7. The fourth-order valence-electron chi connectivity index (χ4n) is 7.37. The van der Waals surface area contributed by atoms with Gasteiger partial charge in [-0.05, 0) is 92.1 Å². The highest BCUT2D eigenvalue weighted by Crippen LogP contribution is 2.38. The van der Waals surface area contributed by atoms with Crippen LogP contribution in [0.15, 0.2) is 55.7 Å². The summed E-state index contributed by atoms with van der Waals surface area (Å²) in [7, 11) is -4.74. The number of rotatable bonds is 33. The first-order valence-electron chi connectivity index (χ1n) is 27.1. The Bertz CT molecular complexity index is 2060. The van der Waals surface area contributed by atoms with Gasteiger partial charge in [-0.3, -0.25) is 33.3 Å². The lowest BCUT2D eigenvalue weighted by atomic mass is 9.98. The number of unbranched alkanes of at least 4 members (excludes halogenated alkanes) is 5. The van der Waals surface area contributed by atoms with Gasteiger partial charge >= 0.3 is 7.82 Å². The van der Waals surface area contributed by atoms with Gasteiger partial charge in [-0.2, -0.15) is 12.6 Å². The van der Waals surface area contributed by atoms with Crippen LogP contribution in [0.1, 0.15) is 145 Å². The van der Waals surface area contributed by atoms with Crippen molar-refractivity contribution < 1.29 is 57.1 Å².